The SMILES string of the molecule is NNC(C(=O)O)=C(N)N. The second-order valence-corrected chi connectivity index (χ2v) is 1.28. The number of hydrogen-bond donors (Lipinski definition) is 5. The Bertz CT molecular complexity index is 148. The molecule has 0 amide bonds. The summed E-state index contributed by atoms with van der Waals surface area (Å²) in [5, 5.41) is 8.18. The standard InChI is InChI=1S/C3H8N4O2/c4-2(5)1(7-6)3(8)9/h7H,4-6H2,(H,8,9). The molecule has 0 fully saturated rings. The lowest BCUT2D eigenvalue weighted by Crippen LogP contribution is -2.32. The number of carboxylic acid groups (broad SMARTS) is 1. The van der Waals surface area contributed by atoms with E-state index < -0.39 is 11.7 Å². The topological polar surface area (TPSA) is 127 Å². The van der Waals surface area contributed by atoms with Crippen LogP contribution in [0.25, 0.3) is 0 Å². The summed E-state index contributed by atoms with van der Waals surface area (Å²) >= 11 is 0. The molecule has 0 aromatic heterocycles. The molecule has 0 aromatic rings. The maximum atomic E-state index is 10.0. The Balaban J connectivity index is 4.35. The first-order valence-electron chi connectivity index (χ1n) is 2.04. The fraction of sp³-hybridized carbons (Fsp3) is 0. The first kappa shape index (κ1) is 7.57. The predicted molar refractivity (Wildman–Crippen MR) is 30.4 cm³/mol. The van der Waals surface area contributed by atoms with Crippen molar-refractivity contribution >= 4 is 5.97 Å². The first-order valence-corrected chi connectivity index (χ1v) is 2.04. The molecule has 0 aliphatic heterocycles. The fourth-order valence-electron chi connectivity index (χ4n) is 0.269. The molecule has 0 radical (unpaired) electrons. The maximum Gasteiger partial charge on any atom is 0.357 e. The highest BCUT2D eigenvalue weighted by Crippen LogP contribution is 1.84. The molecule has 6 heteroatoms. The molecule has 0 aromatic carbocycles. The van der Waals surface area contributed by atoms with Crippen LogP contribution >= 0.6 is 0 Å². The molecule has 0 aliphatic carbocycles. The normalized spacial score (nSPS) is 8.11. The van der Waals surface area contributed by atoms with Gasteiger partial charge in [0, 0.05) is 0 Å². The summed E-state index contributed by atoms with van der Waals surface area (Å²) in [5.41, 5.74) is 11.2. The summed E-state index contributed by atoms with van der Waals surface area (Å²) in [5.74, 6) is 3.10. The van der Waals surface area contributed by atoms with Gasteiger partial charge in [-0.15, -0.1) is 0 Å². The van der Waals surface area contributed by atoms with Gasteiger partial charge in [-0.1, -0.05) is 0 Å². The van der Waals surface area contributed by atoms with E-state index >= 15 is 0 Å². The lowest BCUT2D eigenvalue weighted by molar-refractivity contribution is -0.133. The minimum Gasteiger partial charge on any atom is -0.476 e. The van der Waals surface area contributed by atoms with Gasteiger partial charge in [0.25, 0.3) is 0 Å². The summed E-state index contributed by atoms with van der Waals surface area (Å²) < 4.78 is 0. The second kappa shape index (κ2) is 2.78. The van der Waals surface area contributed by atoms with Crippen LogP contribution in [0.2, 0.25) is 0 Å². The Morgan fingerprint density at radius 1 is 1.44 bits per heavy atom. The van der Waals surface area contributed by atoms with Crippen molar-refractivity contribution in [1.29, 1.82) is 0 Å². The zero-order valence-corrected chi connectivity index (χ0v) is 4.59. The largest absolute Gasteiger partial charge is 0.476 e. The van der Waals surface area contributed by atoms with Crippen molar-refractivity contribution in [2.75, 3.05) is 0 Å². The molecule has 0 unspecified atom stereocenters. The van der Waals surface area contributed by atoms with Gasteiger partial charge >= 0.3 is 5.97 Å². The van der Waals surface area contributed by atoms with Crippen LogP contribution in [0.5, 0.6) is 0 Å². The van der Waals surface area contributed by atoms with E-state index in [1.54, 1.807) is 0 Å². The van der Waals surface area contributed by atoms with Gasteiger partial charge in [0.05, 0.1) is 0 Å². The lowest BCUT2D eigenvalue weighted by Gasteiger charge is -2.00. The van der Waals surface area contributed by atoms with Crippen LogP contribution in [-0.2, 0) is 4.79 Å². The molecule has 0 aliphatic rings. The number of carboxylic acids is 1. The molecule has 0 rings (SSSR count). The van der Waals surface area contributed by atoms with Crippen molar-refractivity contribution in [3.63, 3.8) is 0 Å². The molecule has 0 spiro atoms. The van der Waals surface area contributed by atoms with Crippen molar-refractivity contribution in [1.82, 2.24) is 5.43 Å². The van der Waals surface area contributed by atoms with Gasteiger partial charge in [-0.25, -0.2) is 4.79 Å². The van der Waals surface area contributed by atoms with E-state index in [9.17, 15) is 4.79 Å². The van der Waals surface area contributed by atoms with Crippen LogP contribution in [0.1, 0.15) is 0 Å². The molecule has 9 heavy (non-hydrogen) atoms. The van der Waals surface area contributed by atoms with Crippen molar-refractivity contribution in [2.24, 2.45) is 17.3 Å². The summed E-state index contributed by atoms with van der Waals surface area (Å²) in [4.78, 5) is 10.0. The fourth-order valence-corrected chi connectivity index (χ4v) is 0.269. The molecular weight excluding hydrogens is 124 g/mol. The predicted octanol–water partition coefficient (Wildman–Crippen LogP) is -2.38. The number of nitrogens with one attached hydrogen (secondary N) is 1. The Labute approximate surface area is 51.3 Å². The Hall–Kier alpha value is -1.43. The zero-order chi connectivity index (χ0) is 7.44. The number of hydrazine groups is 1. The van der Waals surface area contributed by atoms with Crippen molar-refractivity contribution in [3.8, 4) is 0 Å². The highest BCUT2D eigenvalue weighted by Gasteiger charge is 2.06. The average molecular weight is 132 g/mol. The summed E-state index contributed by atoms with van der Waals surface area (Å²) in [6.07, 6.45) is 0. The van der Waals surface area contributed by atoms with E-state index in [4.69, 9.17) is 22.4 Å². The lowest BCUT2D eigenvalue weighted by atomic mass is 10.4. The Kier molecular flexibility index (Phi) is 2.33. The quantitative estimate of drug-likeness (QED) is 0.162. The van der Waals surface area contributed by atoms with E-state index in [0.717, 1.165) is 0 Å². The summed E-state index contributed by atoms with van der Waals surface area (Å²) in [7, 11) is 0. The number of nitrogens with two attached hydrogens (primary N) is 3. The molecule has 0 heterocycles. The molecule has 0 atom stereocenters. The number of hydrogen-bond acceptors (Lipinski definition) is 5. The van der Waals surface area contributed by atoms with E-state index in [0.29, 0.717) is 0 Å². The molecular formula is C3H8N4O2. The van der Waals surface area contributed by atoms with Gasteiger partial charge in [0.15, 0.2) is 5.70 Å². The van der Waals surface area contributed by atoms with E-state index in [-0.39, 0.29) is 5.82 Å². The highest BCUT2D eigenvalue weighted by molar-refractivity contribution is 5.86. The smallest absolute Gasteiger partial charge is 0.357 e. The van der Waals surface area contributed by atoms with Crippen LogP contribution in [0.4, 0.5) is 0 Å². The Morgan fingerprint density at radius 2 is 1.89 bits per heavy atom. The molecule has 8 N–H and O–H groups in total. The van der Waals surface area contributed by atoms with Gasteiger partial charge in [0.1, 0.15) is 5.82 Å². The Morgan fingerprint density at radius 3 is 1.89 bits per heavy atom. The van der Waals surface area contributed by atoms with Crippen molar-refractivity contribution in [2.45, 2.75) is 0 Å². The third kappa shape index (κ3) is 1.87. The summed E-state index contributed by atoms with van der Waals surface area (Å²) in [6.45, 7) is 0. The van der Waals surface area contributed by atoms with Crippen molar-refractivity contribution in [3.05, 3.63) is 11.5 Å². The van der Waals surface area contributed by atoms with Gasteiger partial charge in [-0.2, -0.15) is 0 Å². The van der Waals surface area contributed by atoms with E-state index in [1.807, 2.05) is 5.43 Å². The van der Waals surface area contributed by atoms with Crippen LogP contribution in [0.15, 0.2) is 11.5 Å². The van der Waals surface area contributed by atoms with Gasteiger partial charge in [-0.05, 0) is 0 Å². The van der Waals surface area contributed by atoms with Gasteiger partial charge in [0.2, 0.25) is 0 Å². The minimum absolute atomic E-state index is 0.343. The van der Waals surface area contributed by atoms with Crippen LogP contribution in [-0.4, -0.2) is 11.1 Å². The molecule has 6 nitrogen and oxygen atoms in total. The monoisotopic (exact) mass is 132 g/mol. The van der Waals surface area contributed by atoms with Crippen LogP contribution < -0.4 is 22.7 Å². The zero-order valence-electron chi connectivity index (χ0n) is 4.59. The third-order valence-electron chi connectivity index (χ3n) is 0.647. The second-order valence-electron chi connectivity index (χ2n) is 1.28. The first-order chi connectivity index (χ1) is 4.09. The maximum absolute atomic E-state index is 10.0. The summed E-state index contributed by atoms with van der Waals surface area (Å²) in [6, 6.07) is 0. The van der Waals surface area contributed by atoms with Crippen LogP contribution in [0, 0.1) is 0 Å². The van der Waals surface area contributed by atoms with Gasteiger partial charge < -0.3 is 22.0 Å². The third-order valence-corrected chi connectivity index (χ3v) is 0.647. The molecule has 0 saturated carbocycles. The average Bonchev–Trinajstić information content (AvgIpc) is 1.64. The van der Waals surface area contributed by atoms with Crippen molar-refractivity contribution < 1.29 is 9.90 Å². The number of rotatable bonds is 2. The number of aliphatic carboxylic acids is 1. The molecule has 52 valence electrons. The van der Waals surface area contributed by atoms with Gasteiger partial charge in [-0.3, -0.25) is 5.84 Å². The van der Waals surface area contributed by atoms with Crippen LogP contribution in [0.3, 0.4) is 0 Å². The molecule has 0 bridgehead atoms. The van der Waals surface area contributed by atoms with E-state index in [1.165, 1.54) is 0 Å². The van der Waals surface area contributed by atoms with E-state index in [2.05, 4.69) is 0 Å². The number of carbonyl (C=O) groups is 1. The minimum atomic E-state index is -1.28. The molecule has 0 saturated heterocycles. The highest BCUT2D eigenvalue weighted by atomic mass is 16.4.